The molecule has 0 fully saturated rings. The van der Waals surface area contributed by atoms with Gasteiger partial charge < -0.3 is 10.0 Å². The summed E-state index contributed by atoms with van der Waals surface area (Å²) in [5, 5.41) is 8.88. The van der Waals surface area contributed by atoms with Crippen LogP contribution in [0.3, 0.4) is 0 Å². The molecule has 0 aromatic rings. The Kier molecular flexibility index (Phi) is 5.79. The molecule has 0 heterocycles. The number of amidine groups is 1. The van der Waals surface area contributed by atoms with Gasteiger partial charge in [0.1, 0.15) is 12.4 Å². The largest absolute Gasteiger partial charge is 0.388 e. The fourth-order valence-electron chi connectivity index (χ4n) is 0.865. The Balaban J connectivity index is 4.75. The van der Waals surface area contributed by atoms with Gasteiger partial charge in [0.25, 0.3) is 0 Å². The van der Waals surface area contributed by atoms with Gasteiger partial charge in [0.05, 0.1) is 0 Å². The van der Waals surface area contributed by atoms with E-state index < -0.39 is 0 Å². The van der Waals surface area contributed by atoms with Crippen LogP contribution in [0, 0.1) is 0 Å². The minimum absolute atomic E-state index is 0.188. The Bertz CT molecular complexity index is 244. The van der Waals surface area contributed by atoms with E-state index in [-0.39, 0.29) is 6.61 Å². The lowest BCUT2D eigenvalue weighted by Crippen LogP contribution is -2.25. The second-order valence-corrected chi connectivity index (χ2v) is 3.20. The number of aliphatic hydroxyl groups is 1. The lowest BCUT2D eigenvalue weighted by Gasteiger charge is -2.23. The van der Waals surface area contributed by atoms with E-state index in [1.54, 1.807) is 0 Å². The maximum Gasteiger partial charge on any atom is 0.155 e. The summed E-state index contributed by atoms with van der Waals surface area (Å²) in [7, 11) is 1.95. The highest BCUT2D eigenvalue weighted by Crippen LogP contribution is 2.08. The minimum Gasteiger partial charge on any atom is -0.388 e. The van der Waals surface area contributed by atoms with Crippen molar-refractivity contribution in [3.8, 4) is 0 Å². The Morgan fingerprint density at radius 3 is 2.43 bits per heavy atom. The molecule has 0 amide bonds. The molecule has 4 nitrogen and oxygen atoms in total. The molecule has 0 saturated carbocycles. The smallest absolute Gasteiger partial charge is 0.155 e. The van der Waals surface area contributed by atoms with Crippen LogP contribution in [0.1, 0.15) is 20.8 Å². The van der Waals surface area contributed by atoms with Crippen molar-refractivity contribution in [2.45, 2.75) is 26.8 Å². The molecule has 0 aromatic carbocycles. The van der Waals surface area contributed by atoms with Crippen LogP contribution in [0.25, 0.3) is 0 Å². The molecular formula is C10H19N3O. The van der Waals surface area contributed by atoms with Crippen molar-refractivity contribution in [2.75, 3.05) is 13.7 Å². The van der Waals surface area contributed by atoms with Gasteiger partial charge in [0.2, 0.25) is 0 Å². The van der Waals surface area contributed by atoms with Crippen molar-refractivity contribution in [2.24, 2.45) is 9.98 Å². The third kappa shape index (κ3) is 3.70. The molecule has 0 aliphatic rings. The monoisotopic (exact) mass is 197 g/mol. The van der Waals surface area contributed by atoms with Crippen LogP contribution >= 0.6 is 0 Å². The molecule has 0 atom stereocenters. The molecule has 0 radical (unpaired) electrons. The van der Waals surface area contributed by atoms with Crippen LogP contribution in [0.2, 0.25) is 0 Å². The predicted molar refractivity (Wildman–Crippen MR) is 60.7 cm³/mol. The summed E-state index contributed by atoms with van der Waals surface area (Å²) in [5.74, 6) is 1.13. The fraction of sp³-hybridized carbons (Fsp3) is 0.600. The molecule has 0 aromatic heterocycles. The molecule has 0 rings (SSSR count). The van der Waals surface area contributed by atoms with Gasteiger partial charge in [-0.25, -0.2) is 9.98 Å². The molecule has 4 heteroatoms. The summed E-state index contributed by atoms with van der Waals surface area (Å²) in [4.78, 5) is 9.80. The van der Waals surface area contributed by atoms with Crippen molar-refractivity contribution in [3.63, 3.8) is 0 Å². The van der Waals surface area contributed by atoms with Crippen LogP contribution in [0.4, 0.5) is 0 Å². The Morgan fingerprint density at radius 1 is 1.57 bits per heavy atom. The average Bonchev–Trinajstić information content (AvgIpc) is 2.19. The Labute approximate surface area is 85.7 Å². The number of aliphatic hydroxyl groups excluding tert-OH is 1. The summed E-state index contributed by atoms with van der Waals surface area (Å²) in [6, 6.07) is 0.356. The van der Waals surface area contributed by atoms with Crippen LogP contribution < -0.4 is 0 Å². The molecular weight excluding hydrogens is 178 g/mol. The number of allylic oxidation sites excluding steroid dienone is 1. The highest BCUT2D eigenvalue weighted by atomic mass is 16.3. The van der Waals surface area contributed by atoms with E-state index in [2.05, 4.69) is 30.5 Å². The zero-order valence-electron chi connectivity index (χ0n) is 9.36. The van der Waals surface area contributed by atoms with Gasteiger partial charge in [-0.05, 0) is 33.6 Å². The summed E-state index contributed by atoms with van der Waals surface area (Å²) < 4.78 is 0. The third-order valence-corrected chi connectivity index (χ3v) is 1.96. The summed E-state index contributed by atoms with van der Waals surface area (Å²) in [6.07, 6.45) is 1.88. The quantitative estimate of drug-likeness (QED) is 0.545. The van der Waals surface area contributed by atoms with Gasteiger partial charge in [-0.1, -0.05) is 0 Å². The van der Waals surface area contributed by atoms with E-state index in [0.717, 1.165) is 5.82 Å². The first-order valence-corrected chi connectivity index (χ1v) is 4.61. The molecule has 0 bridgehead atoms. The van der Waals surface area contributed by atoms with Gasteiger partial charge in [-0.2, -0.15) is 0 Å². The highest BCUT2D eigenvalue weighted by molar-refractivity contribution is 5.87. The summed E-state index contributed by atoms with van der Waals surface area (Å²) in [5.41, 5.74) is 0. The van der Waals surface area contributed by atoms with Gasteiger partial charge >= 0.3 is 0 Å². The summed E-state index contributed by atoms with van der Waals surface area (Å²) in [6.45, 7) is 9.18. The topological polar surface area (TPSA) is 48.2 Å². The molecule has 0 unspecified atom stereocenters. The van der Waals surface area contributed by atoms with E-state index in [0.29, 0.717) is 11.9 Å². The lowest BCUT2D eigenvalue weighted by atomic mass is 10.3. The molecule has 0 aliphatic carbocycles. The zero-order valence-corrected chi connectivity index (χ0v) is 9.36. The normalized spacial score (nSPS) is 13.3. The van der Waals surface area contributed by atoms with Crippen LogP contribution in [-0.2, 0) is 0 Å². The molecule has 0 aliphatic heterocycles. The maximum atomic E-state index is 8.88. The number of hydrogen-bond acceptors (Lipinski definition) is 3. The van der Waals surface area contributed by atoms with E-state index in [1.165, 1.54) is 0 Å². The second-order valence-electron chi connectivity index (χ2n) is 3.20. The predicted octanol–water partition coefficient (Wildman–Crippen LogP) is 1.28. The number of hydrogen-bond donors (Lipinski definition) is 1. The highest BCUT2D eigenvalue weighted by Gasteiger charge is 2.06. The Morgan fingerprint density at radius 2 is 2.14 bits per heavy atom. The van der Waals surface area contributed by atoms with E-state index in [4.69, 9.17) is 5.11 Å². The SMILES string of the molecule is C=NC(CO)=N/C(=C\C)N(C)C(C)C. The van der Waals surface area contributed by atoms with Crippen LogP contribution in [0.5, 0.6) is 0 Å². The van der Waals surface area contributed by atoms with Crippen molar-refractivity contribution < 1.29 is 5.11 Å². The zero-order chi connectivity index (χ0) is 11.1. The molecule has 80 valence electrons. The lowest BCUT2D eigenvalue weighted by molar-refractivity contribution is 0.336. The molecule has 0 saturated heterocycles. The van der Waals surface area contributed by atoms with Gasteiger partial charge in [0, 0.05) is 13.1 Å². The first-order chi connectivity index (χ1) is 6.56. The maximum absolute atomic E-state index is 8.88. The number of rotatable bonds is 4. The van der Waals surface area contributed by atoms with Crippen molar-refractivity contribution >= 4 is 12.6 Å². The van der Waals surface area contributed by atoms with Gasteiger partial charge in [0.15, 0.2) is 5.84 Å². The first-order valence-electron chi connectivity index (χ1n) is 4.61. The van der Waals surface area contributed by atoms with Crippen LogP contribution in [-0.4, -0.2) is 42.3 Å². The number of aliphatic imine (C=N–C) groups is 2. The van der Waals surface area contributed by atoms with Crippen molar-refractivity contribution in [1.29, 1.82) is 0 Å². The standard InChI is InChI=1S/C10H19N3O/c1-6-10(13(5)8(2)3)12-9(7-14)11-4/h6,8,14H,4,7H2,1-3,5H3/b10-6+,12-9?. The first kappa shape index (κ1) is 12.8. The van der Waals surface area contributed by atoms with Crippen LogP contribution in [0.15, 0.2) is 21.9 Å². The average molecular weight is 197 g/mol. The number of nitrogens with zero attached hydrogens (tertiary/aromatic N) is 3. The van der Waals surface area contributed by atoms with Crippen molar-refractivity contribution in [1.82, 2.24) is 4.90 Å². The molecule has 0 spiro atoms. The fourth-order valence-corrected chi connectivity index (χ4v) is 0.865. The summed E-state index contributed by atoms with van der Waals surface area (Å²) >= 11 is 0. The second kappa shape index (κ2) is 6.32. The van der Waals surface area contributed by atoms with Gasteiger partial charge in [-0.15, -0.1) is 0 Å². The third-order valence-electron chi connectivity index (χ3n) is 1.96. The van der Waals surface area contributed by atoms with E-state index in [9.17, 15) is 0 Å². The van der Waals surface area contributed by atoms with Gasteiger partial charge in [-0.3, -0.25) is 0 Å². The van der Waals surface area contributed by atoms with E-state index >= 15 is 0 Å². The van der Waals surface area contributed by atoms with Crippen molar-refractivity contribution in [3.05, 3.63) is 11.9 Å². The van der Waals surface area contributed by atoms with E-state index in [1.807, 2.05) is 24.9 Å². The Hall–Kier alpha value is -1.16. The minimum atomic E-state index is -0.188. The molecule has 14 heavy (non-hydrogen) atoms. The molecule has 1 N–H and O–H groups in total.